The van der Waals surface area contributed by atoms with Crippen molar-refractivity contribution < 1.29 is 9.53 Å². The van der Waals surface area contributed by atoms with Crippen LogP contribution in [-0.2, 0) is 22.5 Å². The van der Waals surface area contributed by atoms with E-state index in [0.29, 0.717) is 13.0 Å². The van der Waals surface area contributed by atoms with Crippen molar-refractivity contribution in [2.75, 3.05) is 19.7 Å². The molecule has 4 heteroatoms. The highest BCUT2D eigenvalue weighted by atomic mass is 16.5. The number of hydrogen-bond donors (Lipinski definition) is 0. The summed E-state index contributed by atoms with van der Waals surface area (Å²) in [6, 6.07) is 10.3. The van der Waals surface area contributed by atoms with Crippen LogP contribution in [0.3, 0.4) is 0 Å². The third kappa shape index (κ3) is 4.30. The maximum absolute atomic E-state index is 11.7. The zero-order valence-corrected chi connectivity index (χ0v) is 12.5. The maximum atomic E-state index is 11.7. The minimum atomic E-state index is -0.0537. The highest BCUT2D eigenvalue weighted by Crippen LogP contribution is 2.21. The third-order valence-electron chi connectivity index (χ3n) is 3.99. The predicted octanol–water partition coefficient (Wildman–Crippen LogP) is 2.53. The van der Waals surface area contributed by atoms with Crippen molar-refractivity contribution in [3.05, 3.63) is 35.4 Å². The van der Waals surface area contributed by atoms with Crippen molar-refractivity contribution >= 4 is 5.97 Å². The zero-order chi connectivity index (χ0) is 15.1. The molecule has 1 fully saturated rings. The summed E-state index contributed by atoms with van der Waals surface area (Å²) in [5.41, 5.74) is 2.32. The number of nitriles is 1. The molecule has 1 aliphatic rings. The Morgan fingerprint density at radius 3 is 2.62 bits per heavy atom. The fourth-order valence-corrected chi connectivity index (χ4v) is 2.80. The van der Waals surface area contributed by atoms with Crippen molar-refractivity contribution in [1.82, 2.24) is 4.90 Å². The van der Waals surface area contributed by atoms with Crippen LogP contribution >= 0.6 is 0 Å². The number of nitrogens with zero attached hydrogens (tertiary/aromatic N) is 2. The molecule has 0 atom stereocenters. The highest BCUT2D eigenvalue weighted by Gasteiger charge is 2.26. The van der Waals surface area contributed by atoms with Gasteiger partial charge in [0.2, 0.25) is 0 Å². The van der Waals surface area contributed by atoms with Crippen LogP contribution in [0.25, 0.3) is 0 Å². The van der Waals surface area contributed by atoms with E-state index in [9.17, 15) is 4.79 Å². The van der Waals surface area contributed by atoms with E-state index in [1.54, 1.807) is 0 Å². The van der Waals surface area contributed by atoms with Gasteiger partial charge < -0.3 is 4.74 Å². The highest BCUT2D eigenvalue weighted by molar-refractivity contribution is 5.72. The van der Waals surface area contributed by atoms with Gasteiger partial charge in [-0.25, -0.2) is 0 Å². The van der Waals surface area contributed by atoms with Crippen LogP contribution in [0.2, 0.25) is 0 Å². The second-order valence-electron chi connectivity index (χ2n) is 5.41. The molecule has 1 aromatic carbocycles. The van der Waals surface area contributed by atoms with Crippen LogP contribution in [0, 0.1) is 17.2 Å². The van der Waals surface area contributed by atoms with Crippen molar-refractivity contribution in [3.63, 3.8) is 0 Å². The van der Waals surface area contributed by atoms with Gasteiger partial charge in [-0.2, -0.15) is 5.26 Å². The van der Waals surface area contributed by atoms with Crippen molar-refractivity contribution in [1.29, 1.82) is 5.26 Å². The smallest absolute Gasteiger partial charge is 0.309 e. The Morgan fingerprint density at radius 2 is 2.00 bits per heavy atom. The number of piperidine rings is 1. The number of rotatable bonds is 5. The Balaban J connectivity index is 1.89. The van der Waals surface area contributed by atoms with Gasteiger partial charge in [0.15, 0.2) is 0 Å². The van der Waals surface area contributed by atoms with Gasteiger partial charge in [0.25, 0.3) is 0 Å². The molecule has 1 saturated heterocycles. The first-order valence-electron chi connectivity index (χ1n) is 7.57. The van der Waals surface area contributed by atoms with E-state index in [0.717, 1.165) is 38.0 Å². The number of ether oxygens (including phenoxy) is 1. The molecule has 4 nitrogen and oxygen atoms in total. The quantitative estimate of drug-likeness (QED) is 0.781. The number of hydrogen-bond acceptors (Lipinski definition) is 4. The first-order chi connectivity index (χ1) is 10.2. The summed E-state index contributed by atoms with van der Waals surface area (Å²) < 4.78 is 5.09. The lowest BCUT2D eigenvalue weighted by Crippen LogP contribution is -2.36. The van der Waals surface area contributed by atoms with Crippen molar-refractivity contribution in [2.24, 2.45) is 5.92 Å². The summed E-state index contributed by atoms with van der Waals surface area (Å²) in [7, 11) is 0. The first-order valence-corrected chi connectivity index (χ1v) is 7.57. The van der Waals surface area contributed by atoms with Gasteiger partial charge >= 0.3 is 5.97 Å². The lowest BCUT2D eigenvalue weighted by Gasteiger charge is -2.31. The number of carbonyl (C=O) groups is 1. The standard InChI is InChI=1S/C17H22N2O2/c1-2-21-17(20)15-8-11-19(12-9-15)13-16-6-4-3-5-14(16)7-10-18/h3-6,15H,2,7-9,11-13H2,1H3. The van der Waals surface area contributed by atoms with E-state index in [1.807, 2.05) is 25.1 Å². The topological polar surface area (TPSA) is 53.3 Å². The van der Waals surface area contributed by atoms with Crippen LogP contribution in [-0.4, -0.2) is 30.6 Å². The molecule has 2 rings (SSSR count). The maximum Gasteiger partial charge on any atom is 0.309 e. The van der Waals surface area contributed by atoms with E-state index >= 15 is 0 Å². The van der Waals surface area contributed by atoms with Gasteiger partial charge in [-0.05, 0) is 44.0 Å². The van der Waals surface area contributed by atoms with Gasteiger partial charge in [0, 0.05) is 6.54 Å². The number of benzene rings is 1. The summed E-state index contributed by atoms with van der Waals surface area (Å²) in [5, 5.41) is 8.88. The van der Waals surface area contributed by atoms with E-state index in [1.165, 1.54) is 5.56 Å². The van der Waals surface area contributed by atoms with Crippen LogP contribution in [0.1, 0.15) is 30.9 Å². The number of esters is 1. The molecule has 0 spiro atoms. The molecule has 0 radical (unpaired) electrons. The monoisotopic (exact) mass is 286 g/mol. The Labute approximate surface area is 126 Å². The van der Waals surface area contributed by atoms with Crippen molar-refractivity contribution in [3.8, 4) is 6.07 Å². The van der Waals surface area contributed by atoms with Gasteiger partial charge in [-0.3, -0.25) is 9.69 Å². The molecule has 0 saturated carbocycles. The van der Waals surface area contributed by atoms with Gasteiger partial charge in [-0.1, -0.05) is 24.3 Å². The average Bonchev–Trinajstić information content (AvgIpc) is 2.50. The Bertz CT molecular complexity index is 514. The summed E-state index contributed by atoms with van der Waals surface area (Å²) in [6.07, 6.45) is 2.17. The largest absolute Gasteiger partial charge is 0.466 e. The summed E-state index contributed by atoms with van der Waals surface area (Å²) in [5.74, 6) is -0.00224. The summed E-state index contributed by atoms with van der Waals surface area (Å²) in [4.78, 5) is 14.1. The number of likely N-dealkylation sites (tertiary alicyclic amines) is 1. The van der Waals surface area contributed by atoms with Crippen LogP contribution in [0.5, 0.6) is 0 Å². The fraction of sp³-hybridized carbons (Fsp3) is 0.529. The average molecular weight is 286 g/mol. The predicted molar refractivity (Wildman–Crippen MR) is 80.4 cm³/mol. The lowest BCUT2D eigenvalue weighted by atomic mass is 9.96. The van der Waals surface area contributed by atoms with E-state index < -0.39 is 0 Å². The molecule has 0 unspecified atom stereocenters. The Morgan fingerprint density at radius 1 is 1.33 bits per heavy atom. The minimum absolute atomic E-state index is 0.0514. The molecule has 0 bridgehead atoms. The Kier molecular flexibility index (Phi) is 5.77. The normalized spacial score (nSPS) is 16.4. The van der Waals surface area contributed by atoms with E-state index in [4.69, 9.17) is 10.00 Å². The van der Waals surface area contributed by atoms with E-state index in [-0.39, 0.29) is 11.9 Å². The number of carbonyl (C=O) groups excluding carboxylic acids is 1. The zero-order valence-electron chi connectivity index (χ0n) is 12.5. The lowest BCUT2D eigenvalue weighted by molar-refractivity contribution is -0.149. The second-order valence-corrected chi connectivity index (χ2v) is 5.41. The van der Waals surface area contributed by atoms with Gasteiger partial charge in [0.05, 0.1) is 25.0 Å². The summed E-state index contributed by atoms with van der Waals surface area (Å²) >= 11 is 0. The van der Waals surface area contributed by atoms with Gasteiger partial charge in [-0.15, -0.1) is 0 Å². The molecule has 1 heterocycles. The molecule has 1 aromatic rings. The molecule has 0 amide bonds. The molecule has 21 heavy (non-hydrogen) atoms. The first kappa shape index (κ1) is 15.5. The fourth-order valence-electron chi connectivity index (χ4n) is 2.80. The molecule has 1 aliphatic heterocycles. The molecule has 0 N–H and O–H groups in total. The second kappa shape index (κ2) is 7.80. The third-order valence-corrected chi connectivity index (χ3v) is 3.99. The van der Waals surface area contributed by atoms with Crippen LogP contribution in [0.15, 0.2) is 24.3 Å². The molecule has 0 aromatic heterocycles. The van der Waals surface area contributed by atoms with E-state index in [2.05, 4.69) is 17.0 Å². The molecular weight excluding hydrogens is 264 g/mol. The van der Waals surface area contributed by atoms with Gasteiger partial charge in [0.1, 0.15) is 0 Å². The minimum Gasteiger partial charge on any atom is -0.466 e. The SMILES string of the molecule is CCOC(=O)C1CCN(Cc2ccccc2CC#N)CC1. The molecule has 0 aliphatic carbocycles. The molecule has 112 valence electrons. The summed E-state index contributed by atoms with van der Waals surface area (Å²) in [6.45, 7) is 4.97. The van der Waals surface area contributed by atoms with Crippen LogP contribution in [0.4, 0.5) is 0 Å². The van der Waals surface area contributed by atoms with Crippen molar-refractivity contribution in [2.45, 2.75) is 32.7 Å². The Hall–Kier alpha value is -1.86. The van der Waals surface area contributed by atoms with Crippen LogP contribution < -0.4 is 0 Å². The molecular formula is C17H22N2O2.